The number of rotatable bonds is 4. The van der Waals surface area contributed by atoms with Gasteiger partial charge in [0.1, 0.15) is 0 Å². The van der Waals surface area contributed by atoms with Gasteiger partial charge in [-0.1, -0.05) is 6.92 Å². The van der Waals surface area contributed by atoms with Crippen LogP contribution in [0, 0.1) is 5.92 Å². The van der Waals surface area contributed by atoms with Crippen LogP contribution in [0.2, 0.25) is 0 Å². The zero-order valence-corrected chi connectivity index (χ0v) is 15.3. The van der Waals surface area contributed by atoms with E-state index in [4.69, 9.17) is 4.98 Å². The number of nitrogens with zero attached hydrogens (tertiary/aromatic N) is 5. The molecule has 1 amide bonds. The number of hydrogen-bond acceptors (Lipinski definition) is 5. The summed E-state index contributed by atoms with van der Waals surface area (Å²) in [5.74, 6) is 0.871. The summed E-state index contributed by atoms with van der Waals surface area (Å²) in [5.41, 5.74) is 2.32. The molecule has 138 valence electrons. The van der Waals surface area contributed by atoms with Crippen molar-refractivity contribution in [2.24, 2.45) is 5.92 Å². The van der Waals surface area contributed by atoms with Crippen molar-refractivity contribution in [3.05, 3.63) is 41.7 Å². The van der Waals surface area contributed by atoms with Gasteiger partial charge in [0.2, 0.25) is 5.91 Å². The van der Waals surface area contributed by atoms with Crippen LogP contribution in [0.1, 0.15) is 49.3 Å². The maximum Gasteiger partial charge on any atom is 0.227 e. The fourth-order valence-electron chi connectivity index (χ4n) is 3.93. The van der Waals surface area contributed by atoms with Crippen molar-refractivity contribution in [3.63, 3.8) is 0 Å². The molecule has 7 nitrogen and oxygen atoms in total. The predicted molar refractivity (Wildman–Crippen MR) is 97.1 cm³/mol. The van der Waals surface area contributed by atoms with Gasteiger partial charge in [-0.2, -0.15) is 5.10 Å². The third-order valence-corrected chi connectivity index (χ3v) is 5.35. The van der Waals surface area contributed by atoms with Crippen molar-refractivity contribution in [2.75, 3.05) is 13.1 Å². The lowest BCUT2D eigenvalue weighted by Crippen LogP contribution is -2.43. The summed E-state index contributed by atoms with van der Waals surface area (Å²) >= 11 is 0. The predicted octanol–water partition coefficient (Wildman–Crippen LogP) is 1.71. The summed E-state index contributed by atoms with van der Waals surface area (Å²) in [6.45, 7) is 5.16. The topological polar surface area (TPSA) is 75.9 Å². The molecule has 26 heavy (non-hydrogen) atoms. The van der Waals surface area contributed by atoms with Crippen molar-refractivity contribution in [2.45, 2.75) is 51.7 Å². The monoisotopic (exact) mass is 354 g/mol. The number of aromatic nitrogens is 4. The molecule has 0 aliphatic carbocycles. The first-order chi connectivity index (χ1) is 12.7. The van der Waals surface area contributed by atoms with E-state index in [1.165, 1.54) is 5.56 Å². The van der Waals surface area contributed by atoms with Crippen LogP contribution in [-0.2, 0) is 24.3 Å². The Morgan fingerprint density at radius 2 is 2.35 bits per heavy atom. The van der Waals surface area contributed by atoms with Gasteiger partial charge in [-0.05, 0) is 25.3 Å². The highest BCUT2D eigenvalue weighted by molar-refractivity contribution is 5.79. The minimum atomic E-state index is -0.114. The first-order valence-electron chi connectivity index (χ1n) is 9.55. The largest absolute Gasteiger partial charge is 0.332 e. The average molecular weight is 354 g/mol. The Balaban J connectivity index is 1.53. The third kappa shape index (κ3) is 3.49. The van der Waals surface area contributed by atoms with Gasteiger partial charge in [0.25, 0.3) is 0 Å². The van der Waals surface area contributed by atoms with Crippen LogP contribution in [0.3, 0.4) is 0 Å². The fourth-order valence-corrected chi connectivity index (χ4v) is 3.93. The molecule has 2 aromatic heterocycles. The second-order valence-electron chi connectivity index (χ2n) is 7.30. The summed E-state index contributed by atoms with van der Waals surface area (Å²) in [7, 11) is 0. The van der Waals surface area contributed by atoms with E-state index < -0.39 is 0 Å². The second kappa shape index (κ2) is 7.53. The van der Waals surface area contributed by atoms with Gasteiger partial charge >= 0.3 is 0 Å². The van der Waals surface area contributed by atoms with Crippen molar-refractivity contribution in [1.29, 1.82) is 0 Å². The maximum atomic E-state index is 13.1. The molecule has 2 atom stereocenters. The van der Waals surface area contributed by atoms with Crippen LogP contribution in [-0.4, -0.2) is 43.6 Å². The lowest BCUT2D eigenvalue weighted by Gasteiger charge is -2.36. The Morgan fingerprint density at radius 3 is 3.19 bits per heavy atom. The van der Waals surface area contributed by atoms with Gasteiger partial charge in [-0.3, -0.25) is 9.48 Å². The lowest BCUT2D eigenvalue weighted by molar-refractivity contribution is -0.139. The molecular weight excluding hydrogens is 328 g/mol. The highest BCUT2D eigenvalue weighted by Crippen LogP contribution is 2.31. The van der Waals surface area contributed by atoms with E-state index in [2.05, 4.69) is 15.4 Å². The van der Waals surface area contributed by atoms with E-state index in [-0.39, 0.29) is 17.9 Å². The van der Waals surface area contributed by atoms with Gasteiger partial charge < -0.3 is 10.2 Å². The number of carbonyl (C=O) groups excluding carboxylic acids is 1. The Bertz CT molecular complexity index is 759. The smallest absolute Gasteiger partial charge is 0.227 e. The Morgan fingerprint density at radius 1 is 1.42 bits per heavy atom. The second-order valence-corrected chi connectivity index (χ2v) is 7.30. The quantitative estimate of drug-likeness (QED) is 0.905. The summed E-state index contributed by atoms with van der Waals surface area (Å²) in [5, 5.41) is 7.57. The van der Waals surface area contributed by atoms with E-state index >= 15 is 0 Å². The molecule has 1 N–H and O–H groups in total. The van der Waals surface area contributed by atoms with Crippen molar-refractivity contribution in [3.8, 4) is 0 Å². The number of likely N-dealkylation sites (tertiary alicyclic amines) is 1. The van der Waals surface area contributed by atoms with E-state index in [9.17, 15) is 4.79 Å². The normalized spacial score (nSPS) is 21.3. The average Bonchev–Trinajstić information content (AvgIpc) is 3.20. The Kier molecular flexibility index (Phi) is 4.97. The molecule has 4 heterocycles. The highest BCUT2D eigenvalue weighted by atomic mass is 16.2. The van der Waals surface area contributed by atoms with Crippen LogP contribution >= 0.6 is 0 Å². The minimum absolute atomic E-state index is 0.00323. The van der Waals surface area contributed by atoms with Crippen LogP contribution < -0.4 is 5.32 Å². The van der Waals surface area contributed by atoms with Crippen molar-refractivity contribution >= 4 is 5.91 Å². The fraction of sp³-hybridized carbons (Fsp3) is 0.579. The number of fused-ring (bicyclic) bond motifs is 1. The summed E-state index contributed by atoms with van der Waals surface area (Å²) in [6, 6.07) is 1.88. The van der Waals surface area contributed by atoms with Crippen LogP contribution in [0.15, 0.2) is 24.7 Å². The molecular formula is C19H26N6O. The summed E-state index contributed by atoms with van der Waals surface area (Å²) in [4.78, 5) is 24.6. The molecule has 1 fully saturated rings. The number of hydrogen-bond donors (Lipinski definition) is 1. The van der Waals surface area contributed by atoms with E-state index in [1.807, 2.05) is 35.0 Å². The zero-order chi connectivity index (χ0) is 17.9. The molecule has 7 heteroatoms. The number of amides is 1. The molecule has 0 spiro atoms. The zero-order valence-electron chi connectivity index (χ0n) is 15.3. The number of piperidine rings is 1. The molecule has 1 saturated heterocycles. The molecule has 2 aliphatic rings. The van der Waals surface area contributed by atoms with Crippen molar-refractivity contribution in [1.82, 2.24) is 30.0 Å². The van der Waals surface area contributed by atoms with Gasteiger partial charge in [0, 0.05) is 55.9 Å². The molecule has 0 unspecified atom stereocenters. The van der Waals surface area contributed by atoms with Gasteiger partial charge in [0.05, 0.1) is 18.5 Å². The van der Waals surface area contributed by atoms with E-state index in [0.717, 1.165) is 56.8 Å². The highest BCUT2D eigenvalue weighted by Gasteiger charge is 2.33. The first-order valence-corrected chi connectivity index (χ1v) is 9.55. The molecule has 2 aliphatic heterocycles. The number of nitrogens with one attached hydrogen (secondary N) is 1. The van der Waals surface area contributed by atoms with E-state index in [0.29, 0.717) is 6.54 Å². The molecule has 0 radical (unpaired) electrons. The standard InChI is InChI=1S/C19H26N6O/c1-14(13-24-9-4-7-22-24)19(26)25-10-3-2-5-17(25)18-21-12-15-11-20-8-6-16(15)23-18/h4,7,9,12,14,17,20H,2-3,5-6,8,10-11,13H2,1H3/t14-,17-/m0/s1. The van der Waals surface area contributed by atoms with Gasteiger partial charge in [0.15, 0.2) is 5.82 Å². The lowest BCUT2D eigenvalue weighted by atomic mass is 9.98. The maximum absolute atomic E-state index is 13.1. The van der Waals surface area contributed by atoms with Gasteiger partial charge in [-0.15, -0.1) is 0 Å². The molecule has 2 aromatic rings. The Labute approximate surface area is 153 Å². The third-order valence-electron chi connectivity index (χ3n) is 5.35. The number of carbonyl (C=O) groups is 1. The summed E-state index contributed by atoms with van der Waals surface area (Å²) < 4.78 is 1.82. The first kappa shape index (κ1) is 17.1. The minimum Gasteiger partial charge on any atom is -0.332 e. The summed E-state index contributed by atoms with van der Waals surface area (Å²) in [6.07, 6.45) is 9.62. The van der Waals surface area contributed by atoms with Crippen LogP contribution in [0.25, 0.3) is 0 Å². The van der Waals surface area contributed by atoms with Crippen molar-refractivity contribution < 1.29 is 4.79 Å². The Hall–Kier alpha value is -2.28. The molecule has 0 bridgehead atoms. The SMILES string of the molecule is C[C@@H](Cn1cccn1)C(=O)N1CCCC[C@H]1c1ncc2c(n1)CCNC2. The van der Waals surface area contributed by atoms with Crippen LogP contribution in [0.5, 0.6) is 0 Å². The van der Waals surface area contributed by atoms with Crippen LogP contribution in [0.4, 0.5) is 0 Å². The molecule has 0 aromatic carbocycles. The molecule has 4 rings (SSSR count). The van der Waals surface area contributed by atoms with Gasteiger partial charge in [-0.25, -0.2) is 9.97 Å². The van der Waals surface area contributed by atoms with E-state index in [1.54, 1.807) is 6.20 Å². The molecule has 0 saturated carbocycles.